The van der Waals surface area contributed by atoms with E-state index in [1.165, 1.54) is 17.2 Å². The van der Waals surface area contributed by atoms with E-state index in [2.05, 4.69) is 0 Å². The van der Waals surface area contributed by atoms with Crippen molar-refractivity contribution in [2.45, 2.75) is 0 Å². The summed E-state index contributed by atoms with van der Waals surface area (Å²) in [7, 11) is 3.28. The fourth-order valence-electron chi connectivity index (χ4n) is 1.26. The van der Waals surface area contributed by atoms with Crippen LogP contribution in [0.4, 0.5) is 0 Å². The smallest absolute Gasteiger partial charge is 0.341 e. The topological polar surface area (TPSA) is 57.6 Å². The Morgan fingerprint density at radius 1 is 1.29 bits per heavy atom. The zero-order valence-corrected chi connectivity index (χ0v) is 10.2. The molecule has 1 aromatic rings. The van der Waals surface area contributed by atoms with Gasteiger partial charge in [-0.05, 0) is 12.1 Å². The minimum atomic E-state index is -1.27. The van der Waals surface area contributed by atoms with Crippen molar-refractivity contribution in [3.63, 3.8) is 0 Å². The summed E-state index contributed by atoms with van der Waals surface area (Å²) in [6, 6.07) is 6.35. The van der Waals surface area contributed by atoms with Gasteiger partial charge in [-0.3, -0.25) is 4.79 Å². The Bertz CT molecular complexity index is 480. The second-order valence-corrected chi connectivity index (χ2v) is 4.03. The van der Waals surface area contributed by atoms with E-state index in [0.29, 0.717) is 0 Å². The largest absolute Gasteiger partial charge is 0.477 e. The number of hydrogen-bond acceptors (Lipinski definition) is 3. The van der Waals surface area contributed by atoms with E-state index in [1.54, 1.807) is 32.3 Å². The van der Waals surface area contributed by atoms with Crippen LogP contribution in [-0.4, -0.2) is 35.9 Å². The van der Waals surface area contributed by atoms with Crippen LogP contribution in [0.15, 0.2) is 36.0 Å². The molecule has 0 aliphatic heterocycles. The molecule has 0 saturated heterocycles. The zero-order chi connectivity index (χ0) is 13.0. The molecule has 0 atom stereocenters. The van der Waals surface area contributed by atoms with Gasteiger partial charge in [0.1, 0.15) is 5.57 Å². The van der Waals surface area contributed by atoms with Crippen molar-refractivity contribution in [2.24, 2.45) is 0 Å². The molecule has 1 N–H and O–H groups in total. The Hall–Kier alpha value is -1.81. The van der Waals surface area contributed by atoms with Gasteiger partial charge in [-0.1, -0.05) is 23.7 Å². The van der Waals surface area contributed by atoms with Crippen LogP contribution < -0.4 is 0 Å². The third kappa shape index (κ3) is 3.32. The summed E-state index contributed by atoms with van der Waals surface area (Å²) in [4.78, 5) is 24.5. The molecule has 0 aliphatic rings. The molecule has 0 spiro atoms. The first-order chi connectivity index (χ1) is 7.93. The van der Waals surface area contributed by atoms with Crippen molar-refractivity contribution >= 4 is 23.4 Å². The zero-order valence-electron chi connectivity index (χ0n) is 9.48. The van der Waals surface area contributed by atoms with Crippen molar-refractivity contribution in [1.82, 2.24) is 4.90 Å². The predicted octanol–water partition coefficient (Wildman–Crippen LogP) is 2.05. The number of carboxylic acid groups (broad SMARTS) is 1. The maximum absolute atomic E-state index is 12.0. The Morgan fingerprint density at radius 3 is 2.35 bits per heavy atom. The normalized spacial score (nSPS) is 11.1. The highest BCUT2D eigenvalue weighted by atomic mass is 35.5. The van der Waals surface area contributed by atoms with Crippen LogP contribution in [0.5, 0.6) is 0 Å². The van der Waals surface area contributed by atoms with Crippen molar-refractivity contribution in [3.8, 4) is 0 Å². The average molecular weight is 254 g/mol. The number of benzene rings is 1. The van der Waals surface area contributed by atoms with E-state index in [1.807, 2.05) is 0 Å². The molecule has 0 heterocycles. The minimum Gasteiger partial charge on any atom is -0.477 e. The molecule has 0 aromatic heterocycles. The van der Waals surface area contributed by atoms with Gasteiger partial charge in [-0.15, -0.1) is 0 Å². The average Bonchev–Trinajstić information content (AvgIpc) is 2.25. The molecule has 1 aromatic carbocycles. The monoisotopic (exact) mass is 253 g/mol. The van der Waals surface area contributed by atoms with Crippen LogP contribution in [0.2, 0.25) is 5.02 Å². The molecule has 90 valence electrons. The highest BCUT2D eigenvalue weighted by Gasteiger charge is 2.21. The Labute approximate surface area is 104 Å². The van der Waals surface area contributed by atoms with Crippen molar-refractivity contribution in [2.75, 3.05) is 14.1 Å². The Kier molecular flexibility index (Phi) is 4.29. The maximum Gasteiger partial charge on any atom is 0.341 e. The summed E-state index contributed by atoms with van der Waals surface area (Å²) in [6.45, 7) is 0. The highest BCUT2D eigenvalue weighted by Crippen LogP contribution is 2.19. The van der Waals surface area contributed by atoms with E-state index in [4.69, 9.17) is 16.7 Å². The van der Waals surface area contributed by atoms with Gasteiger partial charge in [-0.25, -0.2) is 4.79 Å². The lowest BCUT2D eigenvalue weighted by atomic mass is 10.0. The number of carboxylic acids is 1. The third-order valence-electron chi connectivity index (χ3n) is 1.98. The van der Waals surface area contributed by atoms with Crippen LogP contribution in [0.25, 0.3) is 0 Å². The van der Waals surface area contributed by atoms with Gasteiger partial charge in [-0.2, -0.15) is 0 Å². The van der Waals surface area contributed by atoms with E-state index in [9.17, 15) is 9.59 Å². The fourth-order valence-corrected chi connectivity index (χ4v) is 1.48. The van der Waals surface area contributed by atoms with E-state index >= 15 is 0 Å². The van der Waals surface area contributed by atoms with Crippen LogP contribution in [-0.2, 0) is 4.79 Å². The predicted molar refractivity (Wildman–Crippen MR) is 65.2 cm³/mol. The number of hydrogen-bond donors (Lipinski definition) is 1. The van der Waals surface area contributed by atoms with Gasteiger partial charge in [0.25, 0.3) is 0 Å². The van der Waals surface area contributed by atoms with Crippen LogP contribution in [0.1, 0.15) is 10.4 Å². The van der Waals surface area contributed by atoms with Gasteiger partial charge >= 0.3 is 5.97 Å². The molecule has 17 heavy (non-hydrogen) atoms. The number of nitrogens with zero attached hydrogens (tertiary/aromatic N) is 1. The van der Waals surface area contributed by atoms with Crippen LogP contribution in [0.3, 0.4) is 0 Å². The number of carbonyl (C=O) groups excluding carboxylic acids is 1. The molecular formula is C12H12ClNO3. The van der Waals surface area contributed by atoms with E-state index in [-0.39, 0.29) is 16.2 Å². The summed E-state index contributed by atoms with van der Waals surface area (Å²) in [5.74, 6) is -1.87. The molecule has 0 bridgehead atoms. The Morgan fingerprint density at radius 2 is 1.88 bits per heavy atom. The highest BCUT2D eigenvalue weighted by molar-refractivity contribution is 6.36. The molecule has 0 amide bonds. The quantitative estimate of drug-likeness (QED) is 0.386. The number of ketones is 1. The summed E-state index contributed by atoms with van der Waals surface area (Å²) < 4.78 is 0. The first-order valence-electron chi connectivity index (χ1n) is 4.84. The molecule has 1 rings (SSSR count). The first-order valence-corrected chi connectivity index (χ1v) is 5.22. The first kappa shape index (κ1) is 13.3. The third-order valence-corrected chi connectivity index (χ3v) is 2.31. The van der Waals surface area contributed by atoms with Gasteiger partial charge in [0.15, 0.2) is 0 Å². The SMILES string of the molecule is CN(C)/C=C(\C(=O)O)C(=O)c1ccccc1Cl. The summed E-state index contributed by atoms with van der Waals surface area (Å²) in [5, 5.41) is 9.23. The molecule has 0 saturated carbocycles. The Balaban J connectivity index is 3.19. The second-order valence-electron chi connectivity index (χ2n) is 3.62. The molecule has 0 fully saturated rings. The summed E-state index contributed by atoms with van der Waals surface area (Å²) >= 11 is 5.85. The van der Waals surface area contributed by atoms with E-state index in [0.717, 1.165) is 0 Å². The van der Waals surface area contributed by atoms with Crippen molar-refractivity contribution in [3.05, 3.63) is 46.6 Å². The van der Waals surface area contributed by atoms with Gasteiger partial charge in [0.05, 0.1) is 5.02 Å². The van der Waals surface area contributed by atoms with Crippen molar-refractivity contribution in [1.29, 1.82) is 0 Å². The lowest BCUT2D eigenvalue weighted by molar-refractivity contribution is -0.132. The van der Waals surface area contributed by atoms with Crippen LogP contribution >= 0.6 is 11.6 Å². The molecule has 4 nitrogen and oxygen atoms in total. The van der Waals surface area contributed by atoms with Gasteiger partial charge < -0.3 is 10.0 Å². The van der Waals surface area contributed by atoms with Crippen LogP contribution in [0, 0.1) is 0 Å². The fraction of sp³-hybridized carbons (Fsp3) is 0.167. The number of carbonyl (C=O) groups is 2. The molecule has 0 aliphatic carbocycles. The van der Waals surface area contributed by atoms with Crippen molar-refractivity contribution < 1.29 is 14.7 Å². The number of halogens is 1. The second kappa shape index (κ2) is 5.50. The number of rotatable bonds is 4. The molecule has 0 radical (unpaired) electrons. The van der Waals surface area contributed by atoms with E-state index < -0.39 is 11.8 Å². The summed E-state index contributed by atoms with van der Waals surface area (Å²) in [6.07, 6.45) is 1.26. The minimum absolute atomic E-state index is 0.185. The standard InChI is InChI=1S/C12H12ClNO3/c1-14(2)7-9(12(16)17)11(15)8-5-3-4-6-10(8)13/h3-7H,1-2H3,(H,16,17)/b9-7-. The van der Waals surface area contributed by atoms with Gasteiger partial charge in [0.2, 0.25) is 5.78 Å². The molecule has 0 unspecified atom stereocenters. The van der Waals surface area contributed by atoms with Gasteiger partial charge in [0, 0.05) is 25.9 Å². The molecule has 5 heteroatoms. The molecular weight excluding hydrogens is 242 g/mol. The number of Topliss-reactive ketones (excluding diaryl/α,β-unsaturated/α-hetero) is 1. The lowest BCUT2D eigenvalue weighted by Crippen LogP contribution is -2.17. The summed E-state index contributed by atoms with van der Waals surface area (Å²) in [5.41, 5.74) is -0.132. The number of aliphatic carboxylic acids is 1. The lowest BCUT2D eigenvalue weighted by Gasteiger charge is -2.08. The maximum atomic E-state index is 12.0.